The van der Waals surface area contributed by atoms with Gasteiger partial charge in [-0.3, -0.25) is 20.2 Å². The van der Waals surface area contributed by atoms with Gasteiger partial charge in [0.25, 0.3) is 6.04 Å². The highest BCUT2D eigenvalue weighted by Crippen LogP contribution is 2.24. The summed E-state index contributed by atoms with van der Waals surface area (Å²) < 4.78 is 0. The molecule has 0 saturated carbocycles. The molecule has 0 amide bonds. The van der Waals surface area contributed by atoms with E-state index in [4.69, 9.17) is 0 Å². The predicted molar refractivity (Wildman–Crippen MR) is 110 cm³/mol. The van der Waals surface area contributed by atoms with Gasteiger partial charge in [-0.1, -0.05) is 44.8 Å². The number of aliphatic hydroxyl groups is 2. The molecule has 0 heterocycles. The first-order chi connectivity index (χ1) is 13.8. The van der Waals surface area contributed by atoms with E-state index < -0.39 is 34.1 Å². The fourth-order valence-electron chi connectivity index (χ4n) is 3.23. The average molecular weight is 417 g/mol. The summed E-state index contributed by atoms with van der Waals surface area (Å²) in [6.45, 7) is 1.93. The molecule has 0 aliphatic heterocycles. The fourth-order valence-corrected chi connectivity index (χ4v) is 3.23. The second-order valence-corrected chi connectivity index (χ2v) is 7.53. The van der Waals surface area contributed by atoms with E-state index in [-0.39, 0.29) is 12.8 Å². The van der Waals surface area contributed by atoms with Crippen LogP contribution < -0.4 is 0 Å². The lowest BCUT2D eigenvalue weighted by Crippen LogP contribution is -2.50. The second-order valence-electron chi connectivity index (χ2n) is 7.53. The highest BCUT2D eigenvalue weighted by Gasteiger charge is 2.47. The van der Waals surface area contributed by atoms with Crippen LogP contribution in [0.5, 0.6) is 0 Å². The third-order valence-corrected chi connectivity index (χ3v) is 4.98. The number of hydrogen-bond donors (Lipinski definition) is 2. The fraction of sp³-hybridized carbons (Fsp3) is 0.850. The van der Waals surface area contributed by atoms with Crippen molar-refractivity contribution in [1.29, 1.82) is 0 Å². The van der Waals surface area contributed by atoms with Gasteiger partial charge in [0.2, 0.25) is 11.8 Å². The molecule has 2 atom stereocenters. The summed E-state index contributed by atoms with van der Waals surface area (Å²) in [5.74, 6) is -2.71. The number of unbranched alkanes of at least 4 members (excludes halogenated alkanes) is 7. The molecule has 9 nitrogen and oxygen atoms in total. The molecular formula is C20H36N2O7. The Bertz CT molecular complexity index is 509. The van der Waals surface area contributed by atoms with Gasteiger partial charge < -0.3 is 15.0 Å². The van der Waals surface area contributed by atoms with Crippen molar-refractivity contribution in [3.8, 4) is 0 Å². The Labute approximate surface area is 172 Å². The molecule has 0 fully saturated rings. The Morgan fingerprint density at radius 1 is 0.862 bits per heavy atom. The van der Waals surface area contributed by atoms with E-state index in [1.165, 1.54) is 0 Å². The van der Waals surface area contributed by atoms with Gasteiger partial charge in [0.05, 0.1) is 6.42 Å². The van der Waals surface area contributed by atoms with Crippen LogP contribution in [0.15, 0.2) is 12.2 Å². The Hall–Kier alpha value is -1.87. The lowest BCUT2D eigenvalue weighted by Gasteiger charge is -2.26. The Kier molecular flexibility index (Phi) is 15.0. The van der Waals surface area contributed by atoms with Gasteiger partial charge in [0, 0.05) is 29.1 Å². The van der Waals surface area contributed by atoms with E-state index in [1.807, 2.05) is 19.1 Å². The van der Waals surface area contributed by atoms with Crippen molar-refractivity contribution in [3.05, 3.63) is 32.4 Å². The molecule has 9 heteroatoms. The summed E-state index contributed by atoms with van der Waals surface area (Å²) >= 11 is 0. The van der Waals surface area contributed by atoms with E-state index in [2.05, 4.69) is 0 Å². The molecular weight excluding hydrogens is 380 g/mol. The van der Waals surface area contributed by atoms with Crippen LogP contribution in [0, 0.1) is 20.2 Å². The highest BCUT2D eigenvalue weighted by molar-refractivity contribution is 5.48. The number of aldehydes is 1. The van der Waals surface area contributed by atoms with Crippen LogP contribution in [0.1, 0.15) is 90.4 Å². The Morgan fingerprint density at radius 2 is 1.48 bits per heavy atom. The van der Waals surface area contributed by atoms with Crippen LogP contribution in [0.25, 0.3) is 0 Å². The zero-order valence-electron chi connectivity index (χ0n) is 17.4. The first kappa shape index (κ1) is 27.1. The molecule has 0 radical (unpaired) electrons. The summed E-state index contributed by atoms with van der Waals surface area (Å²) in [6, 6.07) is -2.89. The molecule has 0 aliphatic carbocycles. The zero-order chi connectivity index (χ0) is 22.1. The van der Waals surface area contributed by atoms with Gasteiger partial charge in [-0.05, 0) is 32.1 Å². The van der Waals surface area contributed by atoms with Crippen LogP contribution >= 0.6 is 0 Å². The first-order valence-electron chi connectivity index (χ1n) is 10.6. The molecule has 0 saturated heterocycles. The number of nitro groups is 2. The van der Waals surface area contributed by atoms with Crippen LogP contribution in [-0.2, 0) is 4.79 Å². The standard InChI is InChI=1S/C20H36N2O7/c1-2-3-11-15-19(22(28)29)20(24,25)17-18(21(26)27)14-12-9-7-5-4-6-8-10-13-16-23/h7,9,16,18-19,24-25H,2-6,8,10-15,17H2,1H3. The summed E-state index contributed by atoms with van der Waals surface area (Å²) in [4.78, 5) is 31.4. The lowest BCUT2D eigenvalue weighted by molar-refractivity contribution is -0.578. The number of allylic oxidation sites excluding steroid dienone is 2. The number of rotatable bonds is 19. The topological polar surface area (TPSA) is 144 Å². The van der Waals surface area contributed by atoms with Gasteiger partial charge in [-0.15, -0.1) is 0 Å². The average Bonchev–Trinajstić information content (AvgIpc) is 2.65. The second kappa shape index (κ2) is 16.0. The first-order valence-corrected chi connectivity index (χ1v) is 10.6. The Balaban J connectivity index is 4.46. The number of carbonyl (C=O) groups excluding carboxylic acids is 1. The van der Waals surface area contributed by atoms with Crippen LogP contribution in [0.4, 0.5) is 0 Å². The van der Waals surface area contributed by atoms with E-state index in [0.717, 1.165) is 51.2 Å². The minimum absolute atomic E-state index is 0.0228. The van der Waals surface area contributed by atoms with Crippen LogP contribution in [0.2, 0.25) is 0 Å². The molecule has 0 aromatic heterocycles. The predicted octanol–water partition coefficient (Wildman–Crippen LogP) is 3.80. The lowest BCUT2D eigenvalue weighted by atomic mass is 9.93. The van der Waals surface area contributed by atoms with Gasteiger partial charge in [-0.2, -0.15) is 0 Å². The molecule has 2 unspecified atom stereocenters. The monoisotopic (exact) mass is 416 g/mol. The molecule has 29 heavy (non-hydrogen) atoms. The van der Waals surface area contributed by atoms with Gasteiger partial charge >= 0.3 is 0 Å². The van der Waals surface area contributed by atoms with Crippen molar-refractivity contribution in [2.45, 2.75) is 108 Å². The highest BCUT2D eigenvalue weighted by atomic mass is 16.6. The maximum Gasteiger partial charge on any atom is 0.266 e. The summed E-state index contributed by atoms with van der Waals surface area (Å²) in [7, 11) is 0. The van der Waals surface area contributed by atoms with Crippen molar-refractivity contribution in [3.63, 3.8) is 0 Å². The third kappa shape index (κ3) is 13.1. The maximum atomic E-state index is 11.3. The maximum absolute atomic E-state index is 11.3. The largest absolute Gasteiger partial charge is 0.360 e. The van der Waals surface area contributed by atoms with Crippen molar-refractivity contribution in [2.75, 3.05) is 0 Å². The molecule has 0 bridgehead atoms. The van der Waals surface area contributed by atoms with Gasteiger partial charge in [-0.25, -0.2) is 0 Å². The van der Waals surface area contributed by atoms with Crippen molar-refractivity contribution in [2.24, 2.45) is 0 Å². The van der Waals surface area contributed by atoms with Crippen molar-refractivity contribution < 1.29 is 24.9 Å². The van der Waals surface area contributed by atoms with Crippen molar-refractivity contribution in [1.82, 2.24) is 0 Å². The van der Waals surface area contributed by atoms with E-state index >= 15 is 0 Å². The van der Waals surface area contributed by atoms with Crippen LogP contribution in [0.3, 0.4) is 0 Å². The Morgan fingerprint density at radius 3 is 2.03 bits per heavy atom. The summed E-state index contributed by atoms with van der Waals surface area (Å²) in [5.41, 5.74) is 0. The molecule has 0 aromatic carbocycles. The molecule has 2 N–H and O–H groups in total. The van der Waals surface area contributed by atoms with E-state index in [0.29, 0.717) is 19.3 Å². The quantitative estimate of drug-likeness (QED) is 0.0813. The minimum atomic E-state index is -2.71. The molecule has 0 spiro atoms. The van der Waals surface area contributed by atoms with E-state index in [9.17, 15) is 35.2 Å². The number of hydrogen-bond acceptors (Lipinski definition) is 7. The number of nitrogens with zero attached hydrogens (tertiary/aromatic N) is 2. The molecule has 0 rings (SSSR count). The zero-order valence-corrected chi connectivity index (χ0v) is 17.4. The molecule has 0 aromatic rings. The third-order valence-electron chi connectivity index (χ3n) is 4.98. The van der Waals surface area contributed by atoms with Crippen LogP contribution in [-0.4, -0.2) is 44.2 Å². The van der Waals surface area contributed by atoms with Gasteiger partial charge in [0.15, 0.2) is 0 Å². The van der Waals surface area contributed by atoms with Gasteiger partial charge in [0.1, 0.15) is 6.29 Å². The van der Waals surface area contributed by atoms with Crippen molar-refractivity contribution >= 4 is 6.29 Å². The summed E-state index contributed by atoms with van der Waals surface area (Å²) in [5, 5.41) is 42.9. The van der Waals surface area contributed by atoms with E-state index in [1.54, 1.807) is 0 Å². The number of carbonyl (C=O) groups is 1. The minimum Gasteiger partial charge on any atom is -0.360 e. The SMILES string of the molecule is CCCCCC([N+](=O)[O-])C(O)(O)CC(CCC=CCCCCCCC=O)[N+](=O)[O-]. The summed E-state index contributed by atoms with van der Waals surface area (Å²) in [6.07, 6.45) is 11.8. The molecule has 168 valence electrons. The molecule has 0 aliphatic rings. The smallest absolute Gasteiger partial charge is 0.266 e. The normalized spacial score (nSPS) is 14.0.